The highest BCUT2D eigenvalue weighted by atomic mass is 16.3. The molecular formula is C22H19N5O. The maximum Gasteiger partial charge on any atom is 0.162 e. The van der Waals surface area contributed by atoms with Gasteiger partial charge in [0.15, 0.2) is 5.82 Å². The smallest absolute Gasteiger partial charge is 0.162 e. The lowest BCUT2D eigenvalue weighted by molar-refractivity contribution is 0.476. The number of fused-ring (bicyclic) bond motifs is 1. The van der Waals surface area contributed by atoms with Gasteiger partial charge in [0.25, 0.3) is 0 Å². The summed E-state index contributed by atoms with van der Waals surface area (Å²) in [6.07, 6.45) is 0. The minimum absolute atomic E-state index is 0.166. The maximum absolute atomic E-state index is 9.94. The van der Waals surface area contributed by atoms with E-state index in [0.29, 0.717) is 11.6 Å². The number of nitrogens with one attached hydrogen (secondary N) is 2. The van der Waals surface area contributed by atoms with E-state index in [-0.39, 0.29) is 5.75 Å². The summed E-state index contributed by atoms with van der Waals surface area (Å²) in [5, 5.41) is 17.7. The molecule has 0 fully saturated rings. The minimum Gasteiger partial charge on any atom is -0.508 e. The zero-order valence-corrected chi connectivity index (χ0v) is 15.3. The molecule has 1 heterocycles. The molecule has 6 nitrogen and oxygen atoms in total. The molecule has 0 aliphatic rings. The van der Waals surface area contributed by atoms with Gasteiger partial charge in [0.1, 0.15) is 11.6 Å². The van der Waals surface area contributed by atoms with Crippen LogP contribution < -0.4 is 10.7 Å². The Morgan fingerprint density at radius 3 is 2.54 bits per heavy atom. The third kappa shape index (κ3) is 3.48. The van der Waals surface area contributed by atoms with E-state index >= 15 is 0 Å². The summed E-state index contributed by atoms with van der Waals surface area (Å²) in [6, 6.07) is 20.7. The topological polar surface area (TPSA) is 82.4 Å². The fourth-order valence-corrected chi connectivity index (χ4v) is 3.02. The molecule has 3 aromatic carbocycles. The normalized spacial score (nSPS) is 10.6. The van der Waals surface area contributed by atoms with Crippen molar-refractivity contribution in [1.29, 1.82) is 0 Å². The Balaban J connectivity index is 1.81. The first-order valence-electron chi connectivity index (χ1n) is 8.79. The summed E-state index contributed by atoms with van der Waals surface area (Å²) in [5.74, 6) is 1.41. The van der Waals surface area contributed by atoms with E-state index in [0.717, 1.165) is 33.4 Å². The van der Waals surface area contributed by atoms with Crippen LogP contribution in [0.3, 0.4) is 0 Å². The lowest BCUT2D eigenvalue weighted by Gasteiger charge is -2.13. The van der Waals surface area contributed by atoms with Crippen molar-refractivity contribution in [2.75, 3.05) is 10.7 Å². The van der Waals surface area contributed by atoms with E-state index < -0.39 is 0 Å². The van der Waals surface area contributed by atoms with Crippen LogP contribution in [0.4, 0.5) is 17.2 Å². The van der Waals surface area contributed by atoms with Gasteiger partial charge in [0.2, 0.25) is 0 Å². The Bertz CT molecular complexity index is 1160. The molecule has 4 aromatic rings. The monoisotopic (exact) mass is 369 g/mol. The third-order valence-corrected chi connectivity index (χ3v) is 4.40. The number of aromatic hydroxyl groups is 1. The van der Waals surface area contributed by atoms with E-state index in [4.69, 9.17) is 4.98 Å². The molecule has 0 unspecified atom stereocenters. The Morgan fingerprint density at radius 2 is 1.79 bits per heavy atom. The van der Waals surface area contributed by atoms with Crippen molar-refractivity contribution in [3.05, 3.63) is 72.3 Å². The Morgan fingerprint density at radius 1 is 0.964 bits per heavy atom. The number of phenols is 1. The predicted molar refractivity (Wildman–Crippen MR) is 114 cm³/mol. The molecule has 3 N–H and O–H groups in total. The van der Waals surface area contributed by atoms with E-state index in [9.17, 15) is 5.11 Å². The van der Waals surface area contributed by atoms with Gasteiger partial charge in [-0.1, -0.05) is 30.3 Å². The van der Waals surface area contributed by atoms with Crippen LogP contribution in [0.1, 0.15) is 5.56 Å². The van der Waals surface area contributed by atoms with Crippen LogP contribution in [0.15, 0.2) is 71.8 Å². The lowest BCUT2D eigenvalue weighted by atomic mass is 10.1. The maximum atomic E-state index is 9.94. The van der Waals surface area contributed by atoms with Gasteiger partial charge >= 0.3 is 0 Å². The first-order valence-corrected chi connectivity index (χ1v) is 8.79. The Hall–Kier alpha value is -3.93. The second-order valence-electron chi connectivity index (χ2n) is 6.39. The van der Waals surface area contributed by atoms with Gasteiger partial charge in [0, 0.05) is 23.4 Å². The molecule has 0 spiro atoms. The molecule has 138 valence electrons. The number of rotatable bonds is 5. The van der Waals surface area contributed by atoms with Crippen LogP contribution in [-0.2, 0) is 0 Å². The average molecular weight is 369 g/mol. The second-order valence-corrected chi connectivity index (χ2v) is 6.39. The SMILES string of the molecule is C=NNc1ccc(Nc2nc(-c3ccccc3)nc3ccc(O)cc23)cc1C. The minimum atomic E-state index is 0.166. The molecule has 28 heavy (non-hydrogen) atoms. The van der Waals surface area contributed by atoms with Crippen molar-refractivity contribution in [1.82, 2.24) is 9.97 Å². The van der Waals surface area contributed by atoms with Crippen LogP contribution in [-0.4, -0.2) is 21.8 Å². The van der Waals surface area contributed by atoms with Crippen molar-refractivity contribution >= 4 is 34.8 Å². The quantitative estimate of drug-likeness (QED) is 0.337. The van der Waals surface area contributed by atoms with Gasteiger partial charge in [-0.2, -0.15) is 5.10 Å². The van der Waals surface area contributed by atoms with Gasteiger partial charge in [-0.3, -0.25) is 5.43 Å². The van der Waals surface area contributed by atoms with Crippen molar-refractivity contribution in [2.45, 2.75) is 6.92 Å². The van der Waals surface area contributed by atoms with Crippen molar-refractivity contribution in [3.63, 3.8) is 0 Å². The highest BCUT2D eigenvalue weighted by Gasteiger charge is 2.11. The lowest BCUT2D eigenvalue weighted by Crippen LogP contribution is -2.00. The number of benzene rings is 3. The highest BCUT2D eigenvalue weighted by molar-refractivity contribution is 5.93. The number of aryl methyl sites for hydroxylation is 1. The molecule has 0 atom stereocenters. The van der Waals surface area contributed by atoms with Crippen molar-refractivity contribution < 1.29 is 5.11 Å². The summed E-state index contributed by atoms with van der Waals surface area (Å²) < 4.78 is 0. The molecule has 4 rings (SSSR count). The largest absolute Gasteiger partial charge is 0.508 e. The second kappa shape index (κ2) is 7.36. The standard InChI is InChI=1S/C22H19N5O/c1-14-12-16(8-10-19(14)27-23-2)24-22-18-13-17(28)9-11-20(18)25-21(26-22)15-6-4-3-5-7-15/h3-13,27-28H,2H2,1H3,(H,24,25,26). The summed E-state index contributed by atoms with van der Waals surface area (Å²) in [4.78, 5) is 9.37. The Labute approximate surface area is 162 Å². The van der Waals surface area contributed by atoms with Crippen molar-refractivity contribution in [3.8, 4) is 17.1 Å². The van der Waals surface area contributed by atoms with Crippen molar-refractivity contribution in [2.24, 2.45) is 5.10 Å². The summed E-state index contributed by atoms with van der Waals surface area (Å²) >= 11 is 0. The summed E-state index contributed by atoms with van der Waals surface area (Å²) in [7, 11) is 0. The number of nitrogens with zero attached hydrogens (tertiary/aromatic N) is 3. The molecule has 0 bridgehead atoms. The molecule has 0 radical (unpaired) electrons. The highest BCUT2D eigenvalue weighted by Crippen LogP contribution is 2.30. The first-order chi connectivity index (χ1) is 13.6. The third-order valence-electron chi connectivity index (χ3n) is 4.40. The fraction of sp³-hybridized carbons (Fsp3) is 0.0455. The fourth-order valence-electron chi connectivity index (χ4n) is 3.02. The van der Waals surface area contributed by atoms with Gasteiger partial charge in [-0.05, 0) is 48.9 Å². The average Bonchev–Trinajstić information content (AvgIpc) is 2.71. The van der Waals surface area contributed by atoms with E-state index in [1.54, 1.807) is 18.2 Å². The number of aromatic nitrogens is 2. The Kier molecular flexibility index (Phi) is 4.60. The van der Waals surface area contributed by atoms with Crippen LogP contribution in [0.2, 0.25) is 0 Å². The molecular weight excluding hydrogens is 350 g/mol. The first kappa shape index (κ1) is 17.5. The van der Waals surface area contributed by atoms with Gasteiger partial charge < -0.3 is 10.4 Å². The number of anilines is 3. The summed E-state index contributed by atoms with van der Waals surface area (Å²) in [6.45, 7) is 5.43. The number of hydrogen-bond donors (Lipinski definition) is 3. The molecule has 0 saturated carbocycles. The van der Waals surface area contributed by atoms with Gasteiger partial charge in [-0.15, -0.1) is 0 Å². The number of hydrazone groups is 1. The number of phenolic OH excluding ortho intramolecular Hbond substituents is 1. The van der Waals surface area contributed by atoms with Gasteiger partial charge in [-0.25, -0.2) is 9.97 Å². The van der Waals surface area contributed by atoms with Crippen LogP contribution in [0.25, 0.3) is 22.3 Å². The molecule has 0 saturated heterocycles. The molecule has 0 aliphatic carbocycles. The summed E-state index contributed by atoms with van der Waals surface area (Å²) in [5.41, 5.74) is 7.31. The zero-order chi connectivity index (χ0) is 19.5. The van der Waals surface area contributed by atoms with Crippen LogP contribution >= 0.6 is 0 Å². The van der Waals surface area contributed by atoms with Crippen LogP contribution in [0.5, 0.6) is 5.75 Å². The molecule has 6 heteroatoms. The molecule has 1 aromatic heterocycles. The molecule has 0 amide bonds. The van der Waals surface area contributed by atoms with E-state index in [2.05, 4.69) is 27.5 Å². The van der Waals surface area contributed by atoms with E-state index in [1.807, 2.05) is 55.5 Å². The number of hydrogen-bond acceptors (Lipinski definition) is 6. The zero-order valence-electron chi connectivity index (χ0n) is 15.3. The van der Waals surface area contributed by atoms with Gasteiger partial charge in [0.05, 0.1) is 11.2 Å². The van der Waals surface area contributed by atoms with E-state index in [1.165, 1.54) is 0 Å². The predicted octanol–water partition coefficient (Wildman–Crippen LogP) is 5.08. The molecule has 0 aliphatic heterocycles. The van der Waals surface area contributed by atoms with Crippen LogP contribution in [0, 0.1) is 6.92 Å².